The maximum atomic E-state index is 8.79. The molecule has 0 heterocycles. The molecule has 0 aromatic carbocycles. The zero-order valence-electron chi connectivity index (χ0n) is 10.9. The molecule has 0 spiro atoms. The third kappa shape index (κ3) is 6.72. The number of rotatable bonds is 8. The molecule has 1 unspecified atom stereocenters. The maximum absolute atomic E-state index is 8.79. The molecule has 0 saturated carbocycles. The van der Waals surface area contributed by atoms with Crippen LogP contribution in [0.3, 0.4) is 0 Å². The van der Waals surface area contributed by atoms with Gasteiger partial charge in [-0.1, -0.05) is 32.4 Å². The van der Waals surface area contributed by atoms with E-state index < -0.39 is 0 Å². The second-order valence-corrected chi connectivity index (χ2v) is 4.66. The molecular formula is C14H28O. The van der Waals surface area contributed by atoms with Gasteiger partial charge in [0, 0.05) is 6.61 Å². The fraction of sp³-hybridized carbons (Fsp3) is 0.857. The van der Waals surface area contributed by atoms with Gasteiger partial charge in [0.25, 0.3) is 0 Å². The van der Waals surface area contributed by atoms with Crippen molar-refractivity contribution in [3.63, 3.8) is 0 Å². The van der Waals surface area contributed by atoms with E-state index in [9.17, 15) is 0 Å². The highest BCUT2D eigenvalue weighted by Crippen LogP contribution is 2.20. The minimum absolute atomic E-state index is 0.330. The lowest BCUT2D eigenvalue weighted by atomic mass is 9.93. The molecule has 1 atom stereocenters. The zero-order valence-corrected chi connectivity index (χ0v) is 10.9. The minimum atomic E-state index is 0.330. The van der Waals surface area contributed by atoms with Crippen LogP contribution in [0.1, 0.15) is 59.8 Å². The monoisotopic (exact) mass is 212 g/mol. The van der Waals surface area contributed by atoms with E-state index in [0.717, 1.165) is 12.3 Å². The van der Waals surface area contributed by atoms with E-state index >= 15 is 0 Å². The molecule has 1 heteroatoms. The summed E-state index contributed by atoms with van der Waals surface area (Å²) >= 11 is 0. The zero-order chi connectivity index (χ0) is 11.7. The Labute approximate surface area is 95.6 Å². The van der Waals surface area contributed by atoms with Crippen LogP contribution >= 0.6 is 0 Å². The molecule has 0 saturated heterocycles. The molecule has 0 radical (unpaired) electrons. The second kappa shape index (κ2) is 8.96. The van der Waals surface area contributed by atoms with Crippen LogP contribution in [-0.2, 0) is 0 Å². The third-order valence-electron chi connectivity index (χ3n) is 3.38. The molecule has 15 heavy (non-hydrogen) atoms. The Kier molecular flexibility index (Phi) is 8.79. The number of allylic oxidation sites excluding steroid dienone is 2. The Morgan fingerprint density at radius 1 is 1.20 bits per heavy atom. The highest BCUT2D eigenvalue weighted by Gasteiger charge is 2.05. The molecule has 0 rings (SSSR count). The molecule has 0 aliphatic rings. The largest absolute Gasteiger partial charge is 0.396 e. The van der Waals surface area contributed by atoms with E-state index in [1.54, 1.807) is 5.57 Å². The van der Waals surface area contributed by atoms with Crippen LogP contribution in [0.5, 0.6) is 0 Å². The van der Waals surface area contributed by atoms with Crippen molar-refractivity contribution in [2.75, 3.05) is 6.61 Å². The van der Waals surface area contributed by atoms with Gasteiger partial charge >= 0.3 is 0 Å². The first-order valence-corrected chi connectivity index (χ1v) is 6.43. The fourth-order valence-electron chi connectivity index (χ4n) is 2.06. The van der Waals surface area contributed by atoms with Gasteiger partial charge in [-0.15, -0.1) is 0 Å². The summed E-state index contributed by atoms with van der Waals surface area (Å²) in [6, 6.07) is 0. The second-order valence-electron chi connectivity index (χ2n) is 4.66. The Morgan fingerprint density at radius 2 is 1.80 bits per heavy atom. The number of aliphatic hydroxyl groups is 1. The van der Waals surface area contributed by atoms with Gasteiger partial charge in [-0.05, 0) is 50.9 Å². The maximum Gasteiger partial charge on any atom is 0.0433 e. The van der Waals surface area contributed by atoms with E-state index in [2.05, 4.69) is 33.8 Å². The summed E-state index contributed by atoms with van der Waals surface area (Å²) in [5, 5.41) is 8.79. The van der Waals surface area contributed by atoms with Crippen LogP contribution in [0.2, 0.25) is 0 Å². The Hall–Kier alpha value is -0.300. The quantitative estimate of drug-likeness (QED) is 0.599. The van der Waals surface area contributed by atoms with Crippen molar-refractivity contribution in [3.05, 3.63) is 11.6 Å². The van der Waals surface area contributed by atoms with Crippen molar-refractivity contribution in [1.82, 2.24) is 0 Å². The summed E-state index contributed by atoms with van der Waals surface area (Å²) in [6.45, 7) is 9.33. The van der Waals surface area contributed by atoms with Gasteiger partial charge in [0.2, 0.25) is 0 Å². The molecule has 90 valence electrons. The summed E-state index contributed by atoms with van der Waals surface area (Å²) in [7, 11) is 0. The van der Waals surface area contributed by atoms with Crippen LogP contribution in [-0.4, -0.2) is 11.7 Å². The van der Waals surface area contributed by atoms with Gasteiger partial charge in [-0.2, -0.15) is 0 Å². The normalized spacial score (nSPS) is 14.7. The standard InChI is InChI=1S/C14H28O/c1-5-14(6-2)13(4)9-7-8-12(3)10-11-15/h9,12,14-15H,5-8,10-11H2,1-4H3/b13-9-. The van der Waals surface area contributed by atoms with Crippen LogP contribution in [0.15, 0.2) is 11.6 Å². The number of hydrogen-bond acceptors (Lipinski definition) is 1. The first-order valence-electron chi connectivity index (χ1n) is 6.43. The molecule has 0 amide bonds. The Morgan fingerprint density at radius 3 is 2.27 bits per heavy atom. The Bertz CT molecular complexity index is 168. The lowest BCUT2D eigenvalue weighted by Crippen LogP contribution is -2.00. The Balaban J connectivity index is 3.84. The van der Waals surface area contributed by atoms with Gasteiger partial charge in [0.1, 0.15) is 0 Å². The minimum Gasteiger partial charge on any atom is -0.396 e. The van der Waals surface area contributed by atoms with Crippen LogP contribution in [0.4, 0.5) is 0 Å². The van der Waals surface area contributed by atoms with Gasteiger partial charge in [-0.3, -0.25) is 0 Å². The number of aliphatic hydroxyl groups excluding tert-OH is 1. The first-order chi connectivity index (χ1) is 7.15. The van der Waals surface area contributed by atoms with Crippen molar-refractivity contribution >= 4 is 0 Å². The topological polar surface area (TPSA) is 20.2 Å². The van der Waals surface area contributed by atoms with E-state index in [0.29, 0.717) is 12.5 Å². The first kappa shape index (κ1) is 14.7. The lowest BCUT2D eigenvalue weighted by Gasteiger charge is -2.13. The summed E-state index contributed by atoms with van der Waals surface area (Å²) in [5.74, 6) is 1.43. The molecule has 0 aliphatic carbocycles. The van der Waals surface area contributed by atoms with Gasteiger partial charge < -0.3 is 5.11 Å². The van der Waals surface area contributed by atoms with Crippen LogP contribution < -0.4 is 0 Å². The SMILES string of the molecule is CCC(CC)/C(C)=C\CCC(C)CCO. The average Bonchev–Trinajstić information content (AvgIpc) is 2.20. The van der Waals surface area contributed by atoms with E-state index in [1.165, 1.54) is 25.7 Å². The van der Waals surface area contributed by atoms with Gasteiger partial charge in [-0.25, -0.2) is 0 Å². The van der Waals surface area contributed by atoms with Crippen molar-refractivity contribution in [2.45, 2.75) is 59.8 Å². The predicted molar refractivity (Wildman–Crippen MR) is 67.9 cm³/mol. The third-order valence-corrected chi connectivity index (χ3v) is 3.38. The molecule has 0 aromatic heterocycles. The highest BCUT2D eigenvalue weighted by molar-refractivity contribution is 5.02. The fourth-order valence-corrected chi connectivity index (χ4v) is 2.06. The molecule has 0 bridgehead atoms. The van der Waals surface area contributed by atoms with Crippen molar-refractivity contribution in [3.8, 4) is 0 Å². The summed E-state index contributed by atoms with van der Waals surface area (Å²) in [4.78, 5) is 0. The van der Waals surface area contributed by atoms with Gasteiger partial charge in [0.05, 0.1) is 0 Å². The van der Waals surface area contributed by atoms with E-state index in [-0.39, 0.29) is 0 Å². The molecule has 1 N–H and O–H groups in total. The van der Waals surface area contributed by atoms with Crippen molar-refractivity contribution in [1.29, 1.82) is 0 Å². The summed E-state index contributed by atoms with van der Waals surface area (Å²) < 4.78 is 0. The highest BCUT2D eigenvalue weighted by atomic mass is 16.3. The molecule has 1 nitrogen and oxygen atoms in total. The molecule has 0 aliphatic heterocycles. The molecule has 0 aromatic rings. The number of hydrogen-bond donors (Lipinski definition) is 1. The predicted octanol–water partition coefficient (Wildman–Crippen LogP) is 4.17. The summed E-state index contributed by atoms with van der Waals surface area (Å²) in [5.41, 5.74) is 1.55. The van der Waals surface area contributed by atoms with Crippen molar-refractivity contribution < 1.29 is 5.11 Å². The van der Waals surface area contributed by atoms with Crippen molar-refractivity contribution in [2.24, 2.45) is 11.8 Å². The molecular weight excluding hydrogens is 184 g/mol. The van der Waals surface area contributed by atoms with E-state index in [1.807, 2.05) is 0 Å². The lowest BCUT2D eigenvalue weighted by molar-refractivity contribution is 0.259. The van der Waals surface area contributed by atoms with Crippen LogP contribution in [0, 0.1) is 11.8 Å². The smallest absolute Gasteiger partial charge is 0.0433 e. The van der Waals surface area contributed by atoms with Crippen LogP contribution in [0.25, 0.3) is 0 Å². The summed E-state index contributed by atoms with van der Waals surface area (Å²) in [6.07, 6.45) is 8.22. The van der Waals surface area contributed by atoms with E-state index in [4.69, 9.17) is 5.11 Å². The van der Waals surface area contributed by atoms with Gasteiger partial charge in [0.15, 0.2) is 0 Å². The average molecular weight is 212 g/mol. The molecule has 0 fully saturated rings.